The molecule has 0 aliphatic carbocycles. The highest BCUT2D eigenvalue weighted by Crippen LogP contribution is 2.37. The summed E-state index contributed by atoms with van der Waals surface area (Å²) in [6, 6.07) is 18.6. The van der Waals surface area contributed by atoms with Gasteiger partial charge in [0.05, 0.1) is 23.7 Å². The lowest BCUT2D eigenvalue weighted by atomic mass is 10.1. The number of carbonyl (C=O) groups excluding carboxylic acids is 1. The normalized spacial score (nSPS) is 15.3. The van der Waals surface area contributed by atoms with Gasteiger partial charge >= 0.3 is 0 Å². The second-order valence-electron chi connectivity index (χ2n) is 7.97. The molecule has 1 aliphatic rings. The first-order chi connectivity index (χ1) is 16.3. The van der Waals surface area contributed by atoms with Crippen molar-refractivity contribution >= 4 is 33.2 Å². The molecular formula is C25H25ClN2O5S. The molecule has 9 heteroatoms. The van der Waals surface area contributed by atoms with E-state index >= 15 is 0 Å². The van der Waals surface area contributed by atoms with Crippen LogP contribution >= 0.6 is 11.6 Å². The van der Waals surface area contributed by atoms with Crippen molar-refractivity contribution in [3.8, 4) is 11.5 Å². The van der Waals surface area contributed by atoms with E-state index in [1.807, 2.05) is 32.0 Å². The molecule has 1 atom stereocenters. The van der Waals surface area contributed by atoms with Crippen LogP contribution in [0.2, 0.25) is 5.02 Å². The Labute approximate surface area is 204 Å². The van der Waals surface area contributed by atoms with E-state index in [1.165, 1.54) is 28.6 Å². The SMILES string of the molecule is Cc1ccc(C)c(OCCNC(=O)[C@@H]2CN(S(=O)(=O)c3ccc(Cl)cc3)c3ccccc3O2)c1. The number of sulfonamides is 1. The van der Waals surface area contributed by atoms with Gasteiger partial charge in [0.15, 0.2) is 6.10 Å². The van der Waals surface area contributed by atoms with Gasteiger partial charge in [-0.05, 0) is 67.4 Å². The molecule has 1 aliphatic heterocycles. The van der Waals surface area contributed by atoms with E-state index in [4.69, 9.17) is 21.1 Å². The van der Waals surface area contributed by atoms with E-state index < -0.39 is 22.0 Å². The van der Waals surface area contributed by atoms with E-state index in [9.17, 15) is 13.2 Å². The predicted molar refractivity (Wildman–Crippen MR) is 131 cm³/mol. The smallest absolute Gasteiger partial charge is 0.264 e. The van der Waals surface area contributed by atoms with Gasteiger partial charge in [-0.25, -0.2) is 8.42 Å². The Morgan fingerprint density at radius 2 is 1.85 bits per heavy atom. The monoisotopic (exact) mass is 500 g/mol. The minimum absolute atomic E-state index is 0.0784. The molecule has 1 heterocycles. The number of carbonyl (C=O) groups is 1. The van der Waals surface area contributed by atoms with Crippen LogP contribution in [0.1, 0.15) is 11.1 Å². The van der Waals surface area contributed by atoms with Crippen LogP contribution in [-0.2, 0) is 14.8 Å². The van der Waals surface area contributed by atoms with Crippen molar-refractivity contribution in [2.24, 2.45) is 0 Å². The van der Waals surface area contributed by atoms with Crippen LogP contribution in [-0.4, -0.2) is 40.1 Å². The zero-order valence-corrected chi connectivity index (χ0v) is 20.4. The summed E-state index contributed by atoms with van der Waals surface area (Å²) < 4.78 is 39.6. The minimum Gasteiger partial charge on any atom is -0.491 e. The average Bonchev–Trinajstić information content (AvgIpc) is 2.83. The van der Waals surface area contributed by atoms with Gasteiger partial charge < -0.3 is 14.8 Å². The van der Waals surface area contributed by atoms with Crippen molar-refractivity contribution in [3.05, 3.63) is 82.9 Å². The Bertz CT molecular complexity index is 1290. The van der Waals surface area contributed by atoms with E-state index in [0.29, 0.717) is 16.5 Å². The maximum atomic E-state index is 13.4. The van der Waals surface area contributed by atoms with Crippen molar-refractivity contribution in [2.75, 3.05) is 24.0 Å². The molecule has 0 saturated carbocycles. The number of fused-ring (bicyclic) bond motifs is 1. The molecule has 0 unspecified atom stereocenters. The van der Waals surface area contributed by atoms with Gasteiger partial charge in [-0.1, -0.05) is 35.9 Å². The molecule has 4 rings (SSSR count). The Kier molecular flexibility index (Phi) is 7.00. The Morgan fingerprint density at radius 3 is 2.62 bits per heavy atom. The van der Waals surface area contributed by atoms with Gasteiger partial charge in [0.1, 0.15) is 18.1 Å². The Balaban J connectivity index is 1.46. The third kappa shape index (κ3) is 5.13. The molecule has 7 nitrogen and oxygen atoms in total. The maximum Gasteiger partial charge on any atom is 0.264 e. The number of nitrogens with zero attached hydrogens (tertiary/aromatic N) is 1. The fourth-order valence-corrected chi connectivity index (χ4v) is 5.21. The zero-order valence-electron chi connectivity index (χ0n) is 18.8. The molecule has 3 aromatic rings. The van der Waals surface area contributed by atoms with Crippen LogP contribution in [0.5, 0.6) is 11.5 Å². The van der Waals surface area contributed by atoms with Crippen molar-refractivity contribution in [1.29, 1.82) is 0 Å². The lowest BCUT2D eigenvalue weighted by Gasteiger charge is -2.34. The minimum atomic E-state index is -3.94. The van der Waals surface area contributed by atoms with E-state index in [0.717, 1.165) is 16.9 Å². The predicted octanol–water partition coefficient (Wildman–Crippen LogP) is 4.11. The number of ether oxygens (including phenoxy) is 2. The van der Waals surface area contributed by atoms with E-state index in [1.54, 1.807) is 24.3 Å². The van der Waals surface area contributed by atoms with Crippen LogP contribution in [0, 0.1) is 13.8 Å². The molecule has 1 amide bonds. The molecule has 0 fully saturated rings. The first kappa shape index (κ1) is 23.9. The number of amides is 1. The number of hydrogen-bond donors (Lipinski definition) is 1. The third-order valence-corrected chi connectivity index (χ3v) is 7.48. The fourth-order valence-electron chi connectivity index (χ4n) is 3.61. The van der Waals surface area contributed by atoms with Gasteiger partial charge in [0, 0.05) is 5.02 Å². The highest BCUT2D eigenvalue weighted by atomic mass is 35.5. The lowest BCUT2D eigenvalue weighted by Crippen LogP contribution is -2.51. The lowest BCUT2D eigenvalue weighted by molar-refractivity contribution is -0.127. The van der Waals surface area contributed by atoms with Gasteiger partial charge in [0.2, 0.25) is 0 Å². The summed E-state index contributed by atoms with van der Waals surface area (Å²) >= 11 is 5.92. The van der Waals surface area contributed by atoms with Crippen molar-refractivity contribution in [1.82, 2.24) is 5.32 Å². The van der Waals surface area contributed by atoms with Crippen molar-refractivity contribution < 1.29 is 22.7 Å². The molecule has 0 bridgehead atoms. The summed E-state index contributed by atoms with van der Waals surface area (Å²) in [5.74, 6) is 0.658. The maximum absolute atomic E-state index is 13.4. The first-order valence-electron chi connectivity index (χ1n) is 10.8. The van der Waals surface area contributed by atoms with Crippen LogP contribution in [0.25, 0.3) is 0 Å². The van der Waals surface area contributed by atoms with E-state index in [2.05, 4.69) is 5.32 Å². The van der Waals surface area contributed by atoms with Crippen molar-refractivity contribution in [3.63, 3.8) is 0 Å². The van der Waals surface area contributed by atoms with Crippen molar-refractivity contribution in [2.45, 2.75) is 24.8 Å². The summed E-state index contributed by atoms with van der Waals surface area (Å²) in [6.07, 6.45) is -1.02. The molecule has 34 heavy (non-hydrogen) atoms. The number of benzene rings is 3. The van der Waals surface area contributed by atoms with E-state index in [-0.39, 0.29) is 24.6 Å². The number of aryl methyl sites for hydroxylation is 2. The fraction of sp³-hybridized carbons (Fsp3) is 0.240. The molecule has 1 N–H and O–H groups in total. The summed E-state index contributed by atoms with van der Waals surface area (Å²) in [5, 5.41) is 3.21. The number of rotatable bonds is 7. The van der Waals surface area contributed by atoms with Crippen LogP contribution in [0.15, 0.2) is 71.6 Å². The molecule has 0 radical (unpaired) electrons. The summed E-state index contributed by atoms with van der Waals surface area (Å²) in [5.41, 5.74) is 2.47. The van der Waals surface area contributed by atoms with Crippen LogP contribution in [0.4, 0.5) is 5.69 Å². The van der Waals surface area contributed by atoms with Gasteiger partial charge in [-0.2, -0.15) is 0 Å². The highest BCUT2D eigenvalue weighted by molar-refractivity contribution is 7.92. The first-order valence-corrected chi connectivity index (χ1v) is 12.6. The summed E-state index contributed by atoms with van der Waals surface area (Å²) in [6.45, 7) is 4.29. The Hall–Kier alpha value is -3.23. The molecule has 0 aromatic heterocycles. The number of hydrogen-bond acceptors (Lipinski definition) is 5. The summed E-state index contributed by atoms with van der Waals surface area (Å²) in [7, 11) is -3.94. The molecular weight excluding hydrogens is 476 g/mol. The molecule has 0 spiro atoms. The molecule has 3 aromatic carbocycles. The average molecular weight is 501 g/mol. The summed E-state index contributed by atoms with van der Waals surface area (Å²) in [4.78, 5) is 12.9. The second kappa shape index (κ2) is 9.95. The van der Waals surface area contributed by atoms with Gasteiger partial charge in [0.25, 0.3) is 15.9 Å². The number of halogens is 1. The highest BCUT2D eigenvalue weighted by Gasteiger charge is 2.37. The number of para-hydroxylation sites is 2. The van der Waals surface area contributed by atoms with Crippen LogP contribution < -0.4 is 19.1 Å². The molecule has 178 valence electrons. The number of anilines is 1. The second-order valence-corrected chi connectivity index (χ2v) is 10.3. The topological polar surface area (TPSA) is 84.9 Å². The Morgan fingerprint density at radius 1 is 1.12 bits per heavy atom. The van der Waals surface area contributed by atoms with Gasteiger partial charge in [-0.3, -0.25) is 9.10 Å². The van der Waals surface area contributed by atoms with Gasteiger partial charge in [-0.15, -0.1) is 0 Å². The quantitative estimate of drug-likeness (QED) is 0.493. The number of nitrogens with one attached hydrogen (secondary N) is 1. The largest absolute Gasteiger partial charge is 0.491 e. The molecule has 0 saturated heterocycles. The third-order valence-electron chi connectivity index (χ3n) is 5.43. The van der Waals surface area contributed by atoms with Crippen LogP contribution in [0.3, 0.4) is 0 Å². The zero-order chi connectivity index (χ0) is 24.3. The standard InChI is InChI=1S/C25H25ClN2O5S/c1-17-7-8-18(2)23(15-17)32-14-13-27-25(29)24-16-28(21-5-3-4-6-22(21)33-24)34(30,31)20-11-9-19(26)10-12-20/h3-12,15,24H,13-14,16H2,1-2H3,(H,27,29)/t24-/m0/s1.